The smallest absolute Gasteiger partial charge is 0.386 e. The lowest BCUT2D eigenvalue weighted by Crippen LogP contribution is -2.45. The van der Waals surface area contributed by atoms with E-state index in [0.717, 1.165) is 24.3 Å². The first-order chi connectivity index (χ1) is 37.1. The Hall–Kier alpha value is -5.18. The molecule has 13 N–H and O–H groups in total. The molecular formula is C36H51FN15O23P4+. The topological polar surface area (TPSA) is 517 Å². The SMILES string of the molecule is CNc1ncnc2c1ncn2[C@@H]1O[C@H](COP(=O)(O)OP(=O)(O)OP(=O)(O)OC[C@H]2O[C@@H]([n+]3cn(C)c4c(=O)[nH]c(N)nc43)C(O)[C@H]2F)[C@H](OP(=O)(O)OC[C@H]2O[C@@H](n3cnc4c(=O)[nH]c(N)nc43)C(O)[C@H]2OC(C)C)C1OC. The maximum Gasteiger partial charge on any atom is 0.490 e. The van der Waals surface area contributed by atoms with E-state index >= 15 is 4.39 Å². The molecule has 3 aliphatic heterocycles. The number of aliphatic hydroxyl groups is 2. The highest BCUT2D eigenvalue weighted by Gasteiger charge is 2.54. The Balaban J connectivity index is 0.885. The molecule has 3 fully saturated rings. The number of nitrogens with one attached hydrogen (secondary N) is 3. The zero-order chi connectivity index (χ0) is 57.3. The predicted molar refractivity (Wildman–Crippen MR) is 257 cm³/mol. The van der Waals surface area contributed by atoms with Crippen molar-refractivity contribution in [2.24, 2.45) is 7.05 Å². The second kappa shape index (κ2) is 22.3. The van der Waals surface area contributed by atoms with Gasteiger partial charge in [-0.2, -0.15) is 13.6 Å². The molecule has 434 valence electrons. The largest absolute Gasteiger partial charge is 0.490 e. The molecule has 0 saturated carbocycles. The molecule has 6 aromatic heterocycles. The zero-order valence-corrected chi connectivity index (χ0v) is 44.9. The lowest BCUT2D eigenvalue weighted by molar-refractivity contribution is -0.745. The first kappa shape index (κ1) is 58.5. The summed E-state index contributed by atoms with van der Waals surface area (Å²) in [6.45, 7) is -0.108. The molecule has 16 atom stereocenters. The van der Waals surface area contributed by atoms with Crippen LogP contribution in [0.1, 0.15) is 32.5 Å². The number of nitrogens with zero attached hydrogens (tertiary/aromatic N) is 10. The number of anilines is 3. The predicted octanol–water partition coefficient (Wildman–Crippen LogP) is -1.84. The van der Waals surface area contributed by atoms with E-state index in [1.54, 1.807) is 20.9 Å². The number of imidazole rings is 3. The van der Waals surface area contributed by atoms with Gasteiger partial charge in [0.1, 0.15) is 60.7 Å². The molecule has 0 amide bonds. The normalized spacial score (nSPS) is 29.6. The van der Waals surface area contributed by atoms with Crippen LogP contribution < -0.4 is 32.5 Å². The van der Waals surface area contributed by atoms with Gasteiger partial charge < -0.3 is 70.3 Å². The van der Waals surface area contributed by atoms with Crippen molar-refractivity contribution < 1.29 is 107 Å². The second-order valence-corrected chi connectivity index (χ2v) is 23.8. The van der Waals surface area contributed by atoms with E-state index in [2.05, 4.69) is 58.3 Å². The number of aromatic amines is 2. The summed E-state index contributed by atoms with van der Waals surface area (Å²) in [7, 11) is -19.4. The van der Waals surface area contributed by atoms with Crippen molar-refractivity contribution in [3.63, 3.8) is 0 Å². The molecule has 43 heteroatoms. The van der Waals surface area contributed by atoms with Crippen molar-refractivity contribution in [3.8, 4) is 0 Å². The Kier molecular flexibility index (Phi) is 16.5. The number of phosphoric ester groups is 3. The highest BCUT2D eigenvalue weighted by Crippen LogP contribution is 2.68. The number of halogens is 1. The number of aryl methyl sites for hydroxylation is 1. The minimum atomic E-state index is -6.23. The molecule has 38 nitrogen and oxygen atoms in total. The third kappa shape index (κ3) is 12.1. The van der Waals surface area contributed by atoms with Gasteiger partial charge in [-0.3, -0.25) is 51.4 Å². The van der Waals surface area contributed by atoms with Gasteiger partial charge in [0.25, 0.3) is 17.1 Å². The lowest BCUT2D eigenvalue weighted by atomic mass is 10.1. The van der Waals surface area contributed by atoms with Gasteiger partial charge >= 0.3 is 36.9 Å². The van der Waals surface area contributed by atoms with Gasteiger partial charge in [0.05, 0.1) is 45.6 Å². The van der Waals surface area contributed by atoms with Crippen molar-refractivity contribution in [2.75, 3.05) is 50.8 Å². The van der Waals surface area contributed by atoms with Gasteiger partial charge in [-0.25, -0.2) is 47.2 Å². The van der Waals surface area contributed by atoms with Crippen molar-refractivity contribution >= 4 is 82.5 Å². The Bertz CT molecular complexity index is 3570. The van der Waals surface area contributed by atoms with Crippen LogP contribution in [0, 0.1) is 0 Å². The molecule has 0 bridgehead atoms. The Morgan fingerprint density at radius 1 is 0.759 bits per heavy atom. The summed E-state index contributed by atoms with van der Waals surface area (Å²) in [5.41, 5.74) is 9.85. The zero-order valence-electron chi connectivity index (χ0n) is 41.4. The number of H-pyrrole nitrogens is 2. The number of ether oxygens (including phenoxy) is 5. The number of hydrogen-bond acceptors (Lipinski definition) is 28. The summed E-state index contributed by atoms with van der Waals surface area (Å²) in [6.07, 6.45) is -16.0. The van der Waals surface area contributed by atoms with E-state index in [0.29, 0.717) is 0 Å². The third-order valence-corrected chi connectivity index (χ3v) is 17.4. The number of aliphatic hydroxyl groups excluding tert-OH is 2. The van der Waals surface area contributed by atoms with Crippen LogP contribution in [0.3, 0.4) is 0 Å². The summed E-state index contributed by atoms with van der Waals surface area (Å²) in [6, 6.07) is 0. The maximum absolute atomic E-state index is 15.4. The molecule has 0 aliphatic carbocycles. The van der Waals surface area contributed by atoms with Crippen molar-refractivity contribution in [1.29, 1.82) is 0 Å². The highest BCUT2D eigenvalue weighted by molar-refractivity contribution is 7.66. The van der Waals surface area contributed by atoms with E-state index in [1.165, 1.54) is 33.4 Å². The fourth-order valence-corrected chi connectivity index (χ4v) is 13.4. The fourth-order valence-electron chi connectivity index (χ4n) is 8.90. The lowest BCUT2D eigenvalue weighted by Gasteiger charge is -2.27. The maximum atomic E-state index is 15.4. The average Bonchev–Trinajstić information content (AvgIpc) is 4.42. The minimum Gasteiger partial charge on any atom is -0.386 e. The first-order valence-electron chi connectivity index (χ1n) is 22.9. The molecule has 9 heterocycles. The quantitative estimate of drug-likeness (QED) is 0.0263. The number of rotatable bonds is 22. The Morgan fingerprint density at radius 3 is 1.99 bits per heavy atom. The van der Waals surface area contributed by atoms with E-state index < -0.39 is 142 Å². The second-order valence-electron chi connectivity index (χ2n) is 17.8. The summed E-state index contributed by atoms with van der Waals surface area (Å²) in [4.78, 5) is 97.0. The van der Waals surface area contributed by atoms with Crippen molar-refractivity contribution in [3.05, 3.63) is 46.0 Å². The summed E-state index contributed by atoms with van der Waals surface area (Å²) in [5.74, 6) is -0.361. The molecule has 9 rings (SSSR count). The monoisotopic (exact) mass is 1200 g/mol. The third-order valence-electron chi connectivity index (χ3n) is 12.1. The van der Waals surface area contributed by atoms with Crippen LogP contribution in [-0.4, -0.2) is 178 Å². The van der Waals surface area contributed by atoms with Crippen LogP contribution in [-0.2, 0) is 75.7 Å². The number of nitrogens with two attached hydrogens (primary N) is 2. The summed E-state index contributed by atoms with van der Waals surface area (Å²) < 4.78 is 131. The molecule has 0 aromatic carbocycles. The van der Waals surface area contributed by atoms with Gasteiger partial charge in [0.15, 0.2) is 47.6 Å². The van der Waals surface area contributed by atoms with Gasteiger partial charge in [-0.1, -0.05) is 4.98 Å². The van der Waals surface area contributed by atoms with E-state index in [9.17, 15) is 57.6 Å². The molecule has 0 spiro atoms. The average molecular weight is 1200 g/mol. The van der Waals surface area contributed by atoms with Gasteiger partial charge in [0.2, 0.25) is 17.7 Å². The van der Waals surface area contributed by atoms with E-state index in [4.69, 9.17) is 48.7 Å². The Morgan fingerprint density at radius 2 is 1.34 bits per heavy atom. The van der Waals surface area contributed by atoms with Crippen LogP contribution >= 0.6 is 31.3 Å². The number of nitrogen functional groups attached to an aromatic ring is 2. The van der Waals surface area contributed by atoms with Crippen molar-refractivity contribution in [2.45, 2.75) is 93.6 Å². The summed E-state index contributed by atoms with van der Waals surface area (Å²) in [5, 5.41) is 25.0. The first-order valence-corrected chi connectivity index (χ1v) is 28.9. The van der Waals surface area contributed by atoms with Crippen LogP contribution in [0.5, 0.6) is 0 Å². The number of phosphoric acid groups is 4. The van der Waals surface area contributed by atoms with Crippen molar-refractivity contribution in [1.82, 2.24) is 53.6 Å². The van der Waals surface area contributed by atoms with Crippen LogP contribution in [0.25, 0.3) is 33.5 Å². The highest BCUT2D eigenvalue weighted by atomic mass is 31.3. The van der Waals surface area contributed by atoms with Crippen LogP contribution in [0.15, 0.2) is 34.9 Å². The minimum absolute atomic E-state index is 0.0588. The molecular weight excluding hydrogens is 1150 g/mol. The number of alkyl halides is 1. The number of fused-ring (bicyclic) bond motifs is 3. The molecule has 79 heavy (non-hydrogen) atoms. The van der Waals surface area contributed by atoms with Gasteiger partial charge in [0, 0.05) is 14.2 Å². The number of hydrogen-bond donors (Lipinski definition) is 11. The summed E-state index contributed by atoms with van der Waals surface area (Å²) >= 11 is 0. The standard InChI is InChI=1S/C36H50FN15O23P4/c1-13(2)69-23-15(71-33(22(23)54)51-11-44-19-28(51)45-35(38)47-30(19)55)7-66-76(57,58)73-24-16(72-34(25(24)65-5)50-10-43-18-26(40-3)41-9-42-27(18)50)8-68-78(61,62)75-79(63,64)74-77(59,60)67-6-14-17(37)21(53)32(70-14)52-12-49(4)20-29(52)46-36(39)48-31(20)56/h9-17,21-25,32-34,53-54H,6-8H2,1-5H3,(H10-,38,39,40,41,42,45,46,47,48,55,56,57,58,59,60,61,62,63,64)/p+1/t14-,15-,16-,17+,21?,22?,23+,24+,25?,32-,33-,34-/m1/s1. The van der Waals surface area contributed by atoms with Gasteiger partial charge in [-0.15, -0.1) is 0 Å². The van der Waals surface area contributed by atoms with Gasteiger partial charge in [-0.05, 0) is 13.8 Å². The van der Waals surface area contributed by atoms with E-state index in [-0.39, 0.29) is 51.2 Å². The fraction of sp³-hybridized carbons (Fsp3) is 0.583. The molecule has 6 aromatic rings. The van der Waals surface area contributed by atoms with E-state index in [1.807, 2.05) is 0 Å². The molecule has 0 radical (unpaired) electrons. The molecule has 3 aliphatic rings. The molecule has 7 unspecified atom stereocenters. The number of methoxy groups -OCH3 is 1. The van der Waals surface area contributed by atoms with Crippen LogP contribution in [0.2, 0.25) is 0 Å². The number of aromatic nitrogens is 12. The molecule has 3 saturated heterocycles. The Labute approximate surface area is 440 Å². The van der Waals surface area contributed by atoms with Crippen LogP contribution in [0.4, 0.5) is 22.1 Å².